The Morgan fingerprint density at radius 1 is 1.20 bits per heavy atom. The first-order valence-corrected chi connectivity index (χ1v) is 7.79. The molecule has 1 aromatic carbocycles. The predicted octanol–water partition coefficient (Wildman–Crippen LogP) is 2.57. The highest BCUT2D eigenvalue weighted by atomic mass is 16.2. The van der Waals surface area contributed by atoms with Crippen LogP contribution in [-0.2, 0) is 4.79 Å². The molecule has 2 atom stereocenters. The van der Waals surface area contributed by atoms with E-state index in [0.717, 1.165) is 19.3 Å². The van der Waals surface area contributed by atoms with Crippen LogP contribution in [0.1, 0.15) is 50.0 Å². The summed E-state index contributed by atoms with van der Waals surface area (Å²) in [5.74, 6) is 0.759. The molecule has 2 saturated carbocycles. The van der Waals surface area contributed by atoms with Crippen LogP contribution in [0.3, 0.4) is 0 Å². The van der Waals surface area contributed by atoms with Crippen LogP contribution in [0, 0.1) is 5.92 Å². The summed E-state index contributed by atoms with van der Waals surface area (Å²) in [6.07, 6.45) is 6.74. The highest BCUT2D eigenvalue weighted by molar-refractivity contribution is 5.82. The minimum Gasteiger partial charge on any atom is -0.354 e. The number of hydrogen-bond acceptors (Lipinski definition) is 2. The molecule has 1 amide bonds. The number of hydrogen-bond donors (Lipinski definition) is 2. The second-order valence-electron chi connectivity index (χ2n) is 6.50. The van der Waals surface area contributed by atoms with E-state index in [9.17, 15) is 4.79 Å². The summed E-state index contributed by atoms with van der Waals surface area (Å²) in [7, 11) is 0. The van der Waals surface area contributed by atoms with Gasteiger partial charge in [-0.15, -0.1) is 0 Å². The second-order valence-corrected chi connectivity index (χ2v) is 6.50. The van der Waals surface area contributed by atoms with Crippen LogP contribution in [0.2, 0.25) is 0 Å². The molecule has 2 aliphatic carbocycles. The van der Waals surface area contributed by atoms with E-state index in [4.69, 9.17) is 5.73 Å². The highest BCUT2D eigenvalue weighted by Gasteiger charge is 2.44. The first kappa shape index (κ1) is 13.6. The maximum atomic E-state index is 12.2. The zero-order valence-electron chi connectivity index (χ0n) is 12.0. The normalized spacial score (nSPS) is 27.9. The summed E-state index contributed by atoms with van der Waals surface area (Å²) in [4.78, 5) is 12.2. The zero-order chi connectivity index (χ0) is 14.0. The summed E-state index contributed by atoms with van der Waals surface area (Å²) < 4.78 is 0. The monoisotopic (exact) mass is 272 g/mol. The number of amides is 1. The molecule has 0 heterocycles. The van der Waals surface area contributed by atoms with Gasteiger partial charge in [-0.25, -0.2) is 0 Å². The fraction of sp³-hybridized carbons (Fsp3) is 0.588. The Bertz CT molecular complexity index is 465. The van der Waals surface area contributed by atoms with Gasteiger partial charge in [0, 0.05) is 18.0 Å². The summed E-state index contributed by atoms with van der Waals surface area (Å²) in [6, 6.07) is 10.3. The van der Waals surface area contributed by atoms with Gasteiger partial charge in [0.1, 0.15) is 0 Å². The average molecular weight is 272 g/mol. The van der Waals surface area contributed by atoms with Gasteiger partial charge in [-0.3, -0.25) is 4.79 Å². The Labute approximate surface area is 120 Å². The Balaban J connectivity index is 1.49. The van der Waals surface area contributed by atoms with Crippen molar-refractivity contribution in [3.63, 3.8) is 0 Å². The summed E-state index contributed by atoms with van der Waals surface area (Å²) >= 11 is 0. The van der Waals surface area contributed by atoms with Gasteiger partial charge in [-0.1, -0.05) is 49.6 Å². The smallest absolute Gasteiger partial charge is 0.223 e. The summed E-state index contributed by atoms with van der Waals surface area (Å²) in [5.41, 5.74) is 7.48. The van der Waals surface area contributed by atoms with Crippen molar-refractivity contribution >= 4 is 5.91 Å². The largest absolute Gasteiger partial charge is 0.354 e. The second kappa shape index (κ2) is 5.57. The molecule has 0 aromatic heterocycles. The number of nitrogens with two attached hydrogens (primary N) is 1. The van der Waals surface area contributed by atoms with Gasteiger partial charge in [-0.05, 0) is 30.7 Å². The van der Waals surface area contributed by atoms with Gasteiger partial charge in [0.05, 0.1) is 0 Å². The lowest BCUT2D eigenvalue weighted by Crippen LogP contribution is -2.51. The van der Waals surface area contributed by atoms with Crippen LogP contribution >= 0.6 is 0 Å². The molecular weight excluding hydrogens is 248 g/mol. The van der Waals surface area contributed by atoms with Gasteiger partial charge in [0.2, 0.25) is 5.91 Å². The van der Waals surface area contributed by atoms with Crippen molar-refractivity contribution in [2.24, 2.45) is 11.7 Å². The predicted molar refractivity (Wildman–Crippen MR) is 80.3 cm³/mol. The third kappa shape index (κ3) is 3.04. The number of carbonyl (C=O) groups excluding carboxylic acids is 1. The van der Waals surface area contributed by atoms with Gasteiger partial charge < -0.3 is 11.1 Å². The minimum absolute atomic E-state index is 0.157. The SMILES string of the molecule is NC1(CNC(=O)[C@H]2C[C@H]2c2ccccc2)CCCCC1. The molecule has 3 N–H and O–H groups in total. The van der Waals surface area contributed by atoms with Gasteiger partial charge >= 0.3 is 0 Å². The van der Waals surface area contributed by atoms with E-state index in [-0.39, 0.29) is 17.4 Å². The molecule has 3 nitrogen and oxygen atoms in total. The van der Waals surface area contributed by atoms with Crippen molar-refractivity contribution in [1.29, 1.82) is 0 Å². The van der Waals surface area contributed by atoms with E-state index in [1.54, 1.807) is 0 Å². The molecule has 0 aliphatic heterocycles. The molecule has 3 heteroatoms. The lowest BCUT2D eigenvalue weighted by molar-refractivity contribution is -0.122. The number of carbonyl (C=O) groups is 1. The Morgan fingerprint density at radius 2 is 1.90 bits per heavy atom. The first-order chi connectivity index (χ1) is 9.68. The molecule has 0 saturated heterocycles. The van der Waals surface area contributed by atoms with Crippen molar-refractivity contribution in [2.75, 3.05) is 6.54 Å². The molecule has 0 spiro atoms. The third-order valence-electron chi connectivity index (χ3n) is 4.82. The fourth-order valence-electron chi connectivity index (χ4n) is 3.38. The van der Waals surface area contributed by atoms with E-state index in [2.05, 4.69) is 17.4 Å². The summed E-state index contributed by atoms with van der Waals surface area (Å²) in [5, 5.41) is 3.09. The number of benzene rings is 1. The van der Waals surface area contributed by atoms with Crippen LogP contribution in [0.4, 0.5) is 0 Å². The van der Waals surface area contributed by atoms with Gasteiger partial charge in [0.25, 0.3) is 0 Å². The van der Waals surface area contributed by atoms with Crippen LogP contribution in [0.25, 0.3) is 0 Å². The maximum Gasteiger partial charge on any atom is 0.223 e. The molecule has 0 unspecified atom stereocenters. The van der Waals surface area contributed by atoms with Gasteiger partial charge in [0.15, 0.2) is 0 Å². The Hall–Kier alpha value is -1.35. The van der Waals surface area contributed by atoms with Gasteiger partial charge in [-0.2, -0.15) is 0 Å². The average Bonchev–Trinajstić information content (AvgIpc) is 3.27. The molecule has 2 fully saturated rings. The van der Waals surface area contributed by atoms with Crippen LogP contribution in [-0.4, -0.2) is 18.0 Å². The van der Waals surface area contributed by atoms with Crippen molar-refractivity contribution in [3.05, 3.63) is 35.9 Å². The Kier molecular flexibility index (Phi) is 3.79. The maximum absolute atomic E-state index is 12.2. The minimum atomic E-state index is -0.162. The molecule has 108 valence electrons. The topological polar surface area (TPSA) is 55.1 Å². The van der Waals surface area contributed by atoms with Crippen molar-refractivity contribution < 1.29 is 4.79 Å². The van der Waals surface area contributed by atoms with E-state index in [0.29, 0.717) is 12.5 Å². The van der Waals surface area contributed by atoms with Crippen molar-refractivity contribution in [3.8, 4) is 0 Å². The molecule has 20 heavy (non-hydrogen) atoms. The molecule has 2 aliphatic rings. The van der Waals surface area contributed by atoms with E-state index in [1.807, 2.05) is 18.2 Å². The van der Waals surface area contributed by atoms with Crippen LogP contribution in [0.15, 0.2) is 30.3 Å². The lowest BCUT2D eigenvalue weighted by Gasteiger charge is -2.33. The van der Waals surface area contributed by atoms with Crippen LogP contribution in [0.5, 0.6) is 0 Å². The summed E-state index contributed by atoms with van der Waals surface area (Å²) in [6.45, 7) is 0.643. The standard InChI is InChI=1S/C17H24N2O/c18-17(9-5-2-6-10-17)12-19-16(20)15-11-14(15)13-7-3-1-4-8-13/h1,3-4,7-8,14-15H,2,5-6,9-12,18H2,(H,19,20)/t14-,15-/m0/s1. The van der Waals surface area contributed by atoms with Crippen LogP contribution < -0.4 is 11.1 Å². The molecule has 3 rings (SSSR count). The fourth-order valence-corrected chi connectivity index (χ4v) is 3.38. The molecule has 0 radical (unpaired) electrons. The zero-order valence-corrected chi connectivity index (χ0v) is 12.0. The van der Waals surface area contributed by atoms with Crippen molar-refractivity contribution in [2.45, 2.75) is 50.0 Å². The molecule has 0 bridgehead atoms. The lowest BCUT2D eigenvalue weighted by atomic mass is 9.82. The van der Waals surface area contributed by atoms with E-state index < -0.39 is 0 Å². The first-order valence-electron chi connectivity index (χ1n) is 7.79. The Morgan fingerprint density at radius 3 is 2.60 bits per heavy atom. The highest BCUT2D eigenvalue weighted by Crippen LogP contribution is 2.47. The number of nitrogens with one attached hydrogen (secondary N) is 1. The number of rotatable bonds is 4. The molecule has 1 aromatic rings. The van der Waals surface area contributed by atoms with Crippen molar-refractivity contribution in [1.82, 2.24) is 5.32 Å². The third-order valence-corrected chi connectivity index (χ3v) is 4.82. The van der Waals surface area contributed by atoms with E-state index in [1.165, 1.54) is 24.8 Å². The van der Waals surface area contributed by atoms with E-state index >= 15 is 0 Å². The molecular formula is C17H24N2O. The quantitative estimate of drug-likeness (QED) is 0.885.